The minimum Gasteiger partial charge on any atom is -0.338 e. The largest absolute Gasteiger partial charge is 0.338 e. The van der Waals surface area contributed by atoms with Gasteiger partial charge in [-0.05, 0) is 49.6 Å². The number of halogens is 1. The fourth-order valence-corrected chi connectivity index (χ4v) is 4.16. The van der Waals surface area contributed by atoms with Crippen molar-refractivity contribution in [3.8, 4) is 5.69 Å². The molecule has 4 rings (SSSR count). The lowest BCUT2D eigenvalue weighted by Gasteiger charge is -2.17. The van der Waals surface area contributed by atoms with Crippen LogP contribution in [0.3, 0.4) is 0 Å². The number of benzene rings is 2. The molecule has 2 heterocycles. The molecule has 1 aliphatic heterocycles. The van der Waals surface area contributed by atoms with E-state index < -0.39 is 0 Å². The average molecular weight is 411 g/mol. The van der Waals surface area contributed by atoms with E-state index in [1.54, 1.807) is 6.20 Å². The van der Waals surface area contributed by atoms with Gasteiger partial charge < -0.3 is 10.6 Å². The van der Waals surface area contributed by atoms with Crippen LogP contribution in [0.25, 0.3) is 5.69 Å². The standard InChI is InChI=1S/C23H26N4O.ClH/c1-16-7-6-10-20(11-16)27-17(2)21(13-25-27)23(28)26-14-19(12-24)22(15-26)18-8-4-3-5-9-18;/h3-11,13,19,22H,12,14-15,24H2,1-2H3;1H/t19-,22+;/m1./s1. The third kappa shape index (κ3) is 4.07. The summed E-state index contributed by atoms with van der Waals surface area (Å²) in [6.07, 6.45) is 1.69. The van der Waals surface area contributed by atoms with E-state index in [0.717, 1.165) is 16.9 Å². The lowest BCUT2D eigenvalue weighted by molar-refractivity contribution is 0.0785. The van der Waals surface area contributed by atoms with Crippen LogP contribution in [0.15, 0.2) is 60.8 Å². The van der Waals surface area contributed by atoms with E-state index in [1.165, 1.54) is 5.56 Å². The zero-order valence-electron chi connectivity index (χ0n) is 16.8. The predicted octanol–water partition coefficient (Wildman–Crippen LogP) is 3.73. The zero-order valence-corrected chi connectivity index (χ0v) is 17.6. The monoisotopic (exact) mass is 410 g/mol. The molecule has 6 heteroatoms. The highest BCUT2D eigenvalue weighted by atomic mass is 35.5. The molecular weight excluding hydrogens is 384 g/mol. The van der Waals surface area contributed by atoms with Gasteiger partial charge in [0.15, 0.2) is 0 Å². The van der Waals surface area contributed by atoms with Gasteiger partial charge in [0, 0.05) is 19.0 Å². The maximum Gasteiger partial charge on any atom is 0.257 e. The number of rotatable bonds is 4. The van der Waals surface area contributed by atoms with Gasteiger partial charge in [-0.2, -0.15) is 5.10 Å². The Morgan fingerprint density at radius 3 is 2.55 bits per heavy atom. The summed E-state index contributed by atoms with van der Waals surface area (Å²) in [6, 6.07) is 18.5. The molecule has 1 saturated heterocycles. The highest BCUT2D eigenvalue weighted by Gasteiger charge is 2.36. The molecule has 2 N–H and O–H groups in total. The third-order valence-electron chi connectivity index (χ3n) is 5.75. The van der Waals surface area contributed by atoms with Crippen LogP contribution in [0.4, 0.5) is 0 Å². The minimum absolute atomic E-state index is 0. The quantitative estimate of drug-likeness (QED) is 0.712. The van der Waals surface area contributed by atoms with Crippen LogP contribution in [-0.4, -0.2) is 40.2 Å². The number of hydrogen-bond acceptors (Lipinski definition) is 3. The normalized spacial score (nSPS) is 18.5. The van der Waals surface area contributed by atoms with Crippen molar-refractivity contribution in [2.75, 3.05) is 19.6 Å². The Balaban J connectivity index is 0.00000240. The van der Waals surface area contributed by atoms with Crippen molar-refractivity contribution in [2.24, 2.45) is 11.7 Å². The molecule has 2 aromatic carbocycles. The molecular formula is C23H27ClN4O. The van der Waals surface area contributed by atoms with Crippen molar-refractivity contribution >= 4 is 18.3 Å². The summed E-state index contributed by atoms with van der Waals surface area (Å²) in [7, 11) is 0. The number of hydrogen-bond donors (Lipinski definition) is 1. The van der Waals surface area contributed by atoms with Crippen LogP contribution in [0.2, 0.25) is 0 Å². The van der Waals surface area contributed by atoms with E-state index in [9.17, 15) is 4.79 Å². The Hall–Kier alpha value is -2.63. The zero-order chi connectivity index (χ0) is 19.7. The minimum atomic E-state index is 0. The second kappa shape index (κ2) is 8.80. The Morgan fingerprint density at radius 1 is 1.10 bits per heavy atom. The predicted molar refractivity (Wildman–Crippen MR) is 118 cm³/mol. The van der Waals surface area contributed by atoms with E-state index in [0.29, 0.717) is 25.2 Å². The number of amides is 1. The molecule has 0 bridgehead atoms. The third-order valence-corrected chi connectivity index (χ3v) is 5.75. The average Bonchev–Trinajstić information content (AvgIpc) is 3.32. The number of aromatic nitrogens is 2. The molecule has 1 aromatic heterocycles. The second-order valence-electron chi connectivity index (χ2n) is 7.62. The first kappa shape index (κ1) is 21.1. The first-order chi connectivity index (χ1) is 13.6. The van der Waals surface area contributed by atoms with E-state index in [4.69, 9.17) is 5.73 Å². The lowest BCUT2D eigenvalue weighted by atomic mass is 9.89. The van der Waals surface area contributed by atoms with Crippen molar-refractivity contribution in [2.45, 2.75) is 19.8 Å². The second-order valence-corrected chi connectivity index (χ2v) is 7.62. The van der Waals surface area contributed by atoms with Gasteiger partial charge >= 0.3 is 0 Å². The summed E-state index contributed by atoms with van der Waals surface area (Å²) in [6.45, 7) is 5.96. The van der Waals surface area contributed by atoms with E-state index in [2.05, 4.69) is 36.3 Å². The van der Waals surface area contributed by atoms with Crippen LogP contribution >= 0.6 is 12.4 Å². The number of nitrogens with two attached hydrogens (primary N) is 1. The Labute approximate surface area is 177 Å². The fraction of sp³-hybridized carbons (Fsp3) is 0.304. The fourth-order valence-electron chi connectivity index (χ4n) is 4.16. The highest BCUT2D eigenvalue weighted by molar-refractivity contribution is 5.95. The Kier molecular flexibility index (Phi) is 6.40. The van der Waals surface area contributed by atoms with Crippen LogP contribution in [0.5, 0.6) is 0 Å². The van der Waals surface area contributed by atoms with Crippen molar-refractivity contribution in [3.05, 3.63) is 83.2 Å². The molecule has 0 spiro atoms. The summed E-state index contributed by atoms with van der Waals surface area (Å²) in [5.41, 5.74) is 10.9. The molecule has 0 aliphatic carbocycles. The molecule has 0 saturated carbocycles. The van der Waals surface area contributed by atoms with Gasteiger partial charge in [0.2, 0.25) is 0 Å². The highest BCUT2D eigenvalue weighted by Crippen LogP contribution is 2.33. The van der Waals surface area contributed by atoms with Crippen molar-refractivity contribution in [1.29, 1.82) is 0 Å². The van der Waals surface area contributed by atoms with Gasteiger partial charge in [-0.1, -0.05) is 42.5 Å². The SMILES string of the molecule is Cc1cccc(-n2ncc(C(=O)N3C[C@@H](CN)[C@H](c4ccccc4)C3)c2C)c1.Cl. The van der Waals surface area contributed by atoms with Gasteiger partial charge in [0.1, 0.15) is 0 Å². The van der Waals surface area contributed by atoms with Gasteiger partial charge in [-0.25, -0.2) is 4.68 Å². The summed E-state index contributed by atoms with van der Waals surface area (Å²) in [5, 5.41) is 4.48. The Bertz CT molecular complexity index is 986. The summed E-state index contributed by atoms with van der Waals surface area (Å²) in [5.74, 6) is 0.592. The molecule has 1 aliphatic rings. The van der Waals surface area contributed by atoms with Crippen LogP contribution in [-0.2, 0) is 0 Å². The van der Waals surface area contributed by atoms with Crippen LogP contribution < -0.4 is 5.73 Å². The number of likely N-dealkylation sites (tertiary alicyclic amines) is 1. The van der Waals surface area contributed by atoms with Gasteiger partial charge in [0.25, 0.3) is 5.91 Å². The lowest BCUT2D eigenvalue weighted by Crippen LogP contribution is -2.30. The molecule has 5 nitrogen and oxygen atoms in total. The summed E-state index contributed by atoms with van der Waals surface area (Å²) >= 11 is 0. The van der Waals surface area contributed by atoms with Crippen LogP contribution in [0.1, 0.15) is 33.1 Å². The summed E-state index contributed by atoms with van der Waals surface area (Å²) < 4.78 is 1.84. The molecule has 2 atom stereocenters. The summed E-state index contributed by atoms with van der Waals surface area (Å²) in [4.78, 5) is 15.2. The first-order valence-corrected chi connectivity index (χ1v) is 9.74. The maximum absolute atomic E-state index is 13.2. The van der Waals surface area contributed by atoms with E-state index >= 15 is 0 Å². The molecule has 1 amide bonds. The van der Waals surface area contributed by atoms with Gasteiger partial charge in [-0.3, -0.25) is 4.79 Å². The number of nitrogens with zero attached hydrogens (tertiary/aromatic N) is 3. The van der Waals surface area contributed by atoms with E-state index in [1.807, 2.05) is 46.8 Å². The maximum atomic E-state index is 13.2. The number of carbonyl (C=O) groups is 1. The molecule has 29 heavy (non-hydrogen) atoms. The Morgan fingerprint density at radius 2 is 1.86 bits per heavy atom. The smallest absolute Gasteiger partial charge is 0.257 e. The number of aryl methyl sites for hydroxylation is 1. The van der Waals surface area contributed by atoms with Gasteiger partial charge in [-0.15, -0.1) is 12.4 Å². The molecule has 1 fully saturated rings. The van der Waals surface area contributed by atoms with E-state index in [-0.39, 0.29) is 30.2 Å². The van der Waals surface area contributed by atoms with Crippen molar-refractivity contribution in [3.63, 3.8) is 0 Å². The molecule has 152 valence electrons. The topological polar surface area (TPSA) is 64.2 Å². The van der Waals surface area contributed by atoms with Crippen molar-refractivity contribution in [1.82, 2.24) is 14.7 Å². The van der Waals surface area contributed by atoms with Crippen LogP contribution in [0, 0.1) is 19.8 Å². The van der Waals surface area contributed by atoms with Gasteiger partial charge in [0.05, 0.1) is 23.1 Å². The molecule has 3 aromatic rings. The molecule has 0 radical (unpaired) electrons. The molecule has 0 unspecified atom stereocenters. The number of carbonyl (C=O) groups excluding carboxylic acids is 1. The van der Waals surface area contributed by atoms with Crippen molar-refractivity contribution < 1.29 is 4.79 Å². The first-order valence-electron chi connectivity index (χ1n) is 9.74.